The first kappa shape index (κ1) is 11.0. The fourth-order valence-electron chi connectivity index (χ4n) is 1.53. The van der Waals surface area contributed by atoms with Gasteiger partial charge in [-0.2, -0.15) is 9.50 Å². The van der Waals surface area contributed by atoms with Gasteiger partial charge in [-0.15, -0.1) is 5.10 Å². The fraction of sp³-hybridized carbons (Fsp3) is 0.100. The molecule has 0 fully saturated rings. The molecule has 0 amide bonds. The van der Waals surface area contributed by atoms with Crippen molar-refractivity contribution >= 4 is 33.3 Å². The molecule has 3 N–H and O–H groups in total. The van der Waals surface area contributed by atoms with Crippen molar-refractivity contribution in [3.63, 3.8) is 0 Å². The first-order chi connectivity index (χ1) is 8.74. The van der Waals surface area contributed by atoms with Crippen LogP contribution < -0.4 is 11.1 Å². The van der Waals surface area contributed by atoms with E-state index in [9.17, 15) is 0 Å². The Morgan fingerprint density at radius 3 is 3.17 bits per heavy atom. The molecule has 18 heavy (non-hydrogen) atoms. The van der Waals surface area contributed by atoms with Crippen molar-refractivity contribution in [1.29, 1.82) is 0 Å². The summed E-state index contributed by atoms with van der Waals surface area (Å²) >= 11 is 3.33. The van der Waals surface area contributed by atoms with Gasteiger partial charge in [-0.05, 0) is 28.1 Å². The molecule has 0 radical (unpaired) electrons. The zero-order chi connectivity index (χ0) is 12.5. The second-order valence-corrected chi connectivity index (χ2v) is 4.38. The van der Waals surface area contributed by atoms with Crippen LogP contribution in [0.5, 0.6) is 0 Å². The summed E-state index contributed by atoms with van der Waals surface area (Å²) in [4.78, 5) is 8.21. The predicted octanol–water partition coefficient (Wildman–Crippen LogP) is 1.67. The number of nitrogen functional groups attached to an aromatic ring is 1. The van der Waals surface area contributed by atoms with E-state index in [2.05, 4.69) is 36.3 Å². The van der Waals surface area contributed by atoms with E-state index in [-0.39, 0.29) is 0 Å². The zero-order valence-electron chi connectivity index (χ0n) is 9.17. The minimum absolute atomic E-state index is 0.317. The zero-order valence-corrected chi connectivity index (χ0v) is 10.8. The lowest BCUT2D eigenvalue weighted by molar-refractivity contribution is 0.517. The third kappa shape index (κ3) is 1.90. The number of imidazole rings is 1. The molecule has 3 aromatic rings. The average Bonchev–Trinajstić information content (AvgIpc) is 2.98. The molecule has 3 heterocycles. The van der Waals surface area contributed by atoms with Crippen LogP contribution in [-0.2, 0) is 6.54 Å². The summed E-state index contributed by atoms with van der Waals surface area (Å²) in [5, 5.41) is 7.29. The van der Waals surface area contributed by atoms with E-state index in [0.29, 0.717) is 28.6 Å². The maximum atomic E-state index is 5.80. The quantitative estimate of drug-likeness (QED) is 0.764. The van der Waals surface area contributed by atoms with Crippen molar-refractivity contribution in [2.45, 2.75) is 6.54 Å². The van der Waals surface area contributed by atoms with Crippen LogP contribution in [0.2, 0.25) is 0 Å². The summed E-state index contributed by atoms with van der Waals surface area (Å²) in [6.45, 7) is 0.490. The molecule has 0 saturated heterocycles. The molecule has 0 atom stereocenters. The van der Waals surface area contributed by atoms with Crippen LogP contribution in [0.15, 0.2) is 33.6 Å². The summed E-state index contributed by atoms with van der Waals surface area (Å²) in [5.74, 6) is 1.52. The number of furan rings is 1. The molecule has 0 saturated carbocycles. The molecule has 8 heteroatoms. The molecule has 0 aliphatic rings. The number of nitrogens with one attached hydrogen (secondary N) is 1. The number of hydrogen-bond donors (Lipinski definition) is 2. The van der Waals surface area contributed by atoms with Gasteiger partial charge in [-0.1, -0.05) is 0 Å². The molecular formula is C10H9BrN6O. The Kier molecular flexibility index (Phi) is 2.63. The lowest BCUT2D eigenvalue weighted by Crippen LogP contribution is -2.09. The summed E-state index contributed by atoms with van der Waals surface area (Å²) in [6, 6.07) is 3.68. The summed E-state index contributed by atoms with van der Waals surface area (Å²) in [7, 11) is 0. The van der Waals surface area contributed by atoms with E-state index in [1.807, 2.05) is 12.1 Å². The summed E-state index contributed by atoms with van der Waals surface area (Å²) in [5.41, 5.74) is 6.32. The number of hydrogen-bond acceptors (Lipinski definition) is 6. The Balaban J connectivity index is 1.90. The van der Waals surface area contributed by atoms with Crippen molar-refractivity contribution in [3.05, 3.63) is 35.0 Å². The first-order valence-corrected chi connectivity index (χ1v) is 5.96. The third-order valence-corrected chi connectivity index (χ3v) is 2.89. The van der Waals surface area contributed by atoms with Gasteiger partial charge in [0.05, 0.1) is 19.0 Å². The van der Waals surface area contributed by atoms with Crippen LogP contribution >= 0.6 is 15.9 Å². The van der Waals surface area contributed by atoms with Gasteiger partial charge >= 0.3 is 0 Å². The van der Waals surface area contributed by atoms with E-state index >= 15 is 0 Å². The van der Waals surface area contributed by atoms with Crippen LogP contribution in [0.3, 0.4) is 0 Å². The normalized spacial score (nSPS) is 10.9. The number of aromatic nitrogens is 4. The van der Waals surface area contributed by atoms with Gasteiger partial charge in [0, 0.05) is 0 Å². The molecular weight excluding hydrogens is 300 g/mol. The third-order valence-electron chi connectivity index (χ3n) is 2.35. The Morgan fingerprint density at radius 2 is 2.39 bits per heavy atom. The monoisotopic (exact) mass is 308 g/mol. The van der Waals surface area contributed by atoms with Gasteiger partial charge in [0.25, 0.3) is 0 Å². The van der Waals surface area contributed by atoms with Crippen molar-refractivity contribution in [2.75, 3.05) is 11.1 Å². The molecule has 0 aliphatic carbocycles. The Morgan fingerprint density at radius 1 is 1.50 bits per heavy atom. The van der Waals surface area contributed by atoms with Gasteiger partial charge in [-0.25, -0.2) is 4.98 Å². The average molecular weight is 309 g/mol. The van der Waals surface area contributed by atoms with Crippen molar-refractivity contribution in [1.82, 2.24) is 19.6 Å². The summed E-state index contributed by atoms with van der Waals surface area (Å²) in [6.07, 6.45) is 3.23. The number of halogens is 1. The van der Waals surface area contributed by atoms with Crippen molar-refractivity contribution in [3.8, 4) is 0 Å². The molecule has 0 spiro atoms. The summed E-state index contributed by atoms with van der Waals surface area (Å²) < 4.78 is 7.50. The highest BCUT2D eigenvalue weighted by Crippen LogP contribution is 2.17. The SMILES string of the molecule is Nc1nc(NCc2ccco2)nn2c(Br)cnc12. The van der Waals surface area contributed by atoms with E-state index in [4.69, 9.17) is 10.2 Å². The van der Waals surface area contributed by atoms with Gasteiger partial charge in [0.15, 0.2) is 11.5 Å². The molecule has 92 valence electrons. The van der Waals surface area contributed by atoms with Crippen LogP contribution in [0.4, 0.5) is 11.8 Å². The topological polar surface area (TPSA) is 94.3 Å². The molecule has 0 bridgehead atoms. The smallest absolute Gasteiger partial charge is 0.243 e. The maximum absolute atomic E-state index is 5.80. The lowest BCUT2D eigenvalue weighted by Gasteiger charge is -2.04. The fourth-order valence-corrected chi connectivity index (χ4v) is 1.88. The Hall–Kier alpha value is -2.09. The van der Waals surface area contributed by atoms with Gasteiger partial charge in [0.1, 0.15) is 10.4 Å². The Labute approximate surface area is 110 Å². The highest BCUT2D eigenvalue weighted by Gasteiger charge is 2.09. The van der Waals surface area contributed by atoms with E-state index in [1.165, 1.54) is 0 Å². The van der Waals surface area contributed by atoms with Gasteiger partial charge in [0.2, 0.25) is 5.95 Å². The van der Waals surface area contributed by atoms with E-state index < -0.39 is 0 Å². The largest absolute Gasteiger partial charge is 0.467 e. The number of rotatable bonds is 3. The Bertz CT molecular complexity index is 677. The first-order valence-electron chi connectivity index (χ1n) is 5.17. The minimum atomic E-state index is 0.317. The van der Waals surface area contributed by atoms with E-state index in [1.54, 1.807) is 17.0 Å². The molecule has 3 rings (SSSR count). The van der Waals surface area contributed by atoms with Crippen LogP contribution in [0, 0.1) is 0 Å². The second kappa shape index (κ2) is 4.30. The second-order valence-electron chi connectivity index (χ2n) is 3.57. The standard InChI is InChI=1S/C10H9BrN6O/c11-7-5-13-9-8(12)15-10(16-17(7)9)14-4-6-2-1-3-18-6/h1-3,5H,4H2,(H3,12,14,15,16). The number of nitrogens with two attached hydrogens (primary N) is 1. The molecule has 0 aromatic carbocycles. The lowest BCUT2D eigenvalue weighted by atomic mass is 10.4. The van der Waals surface area contributed by atoms with E-state index in [0.717, 1.165) is 5.76 Å². The minimum Gasteiger partial charge on any atom is -0.467 e. The van der Waals surface area contributed by atoms with Gasteiger partial charge < -0.3 is 15.5 Å². The van der Waals surface area contributed by atoms with Crippen molar-refractivity contribution in [2.24, 2.45) is 0 Å². The molecule has 0 unspecified atom stereocenters. The van der Waals surface area contributed by atoms with Crippen LogP contribution in [-0.4, -0.2) is 19.6 Å². The van der Waals surface area contributed by atoms with Crippen molar-refractivity contribution < 1.29 is 4.42 Å². The molecule has 3 aromatic heterocycles. The number of fused-ring (bicyclic) bond motifs is 1. The van der Waals surface area contributed by atoms with Crippen LogP contribution in [0.25, 0.3) is 5.65 Å². The van der Waals surface area contributed by atoms with Crippen LogP contribution in [0.1, 0.15) is 5.76 Å². The predicted molar refractivity (Wildman–Crippen MR) is 68.9 cm³/mol. The highest BCUT2D eigenvalue weighted by atomic mass is 79.9. The highest BCUT2D eigenvalue weighted by molar-refractivity contribution is 9.10. The number of nitrogens with zero attached hydrogens (tertiary/aromatic N) is 4. The van der Waals surface area contributed by atoms with Gasteiger partial charge in [-0.3, -0.25) is 0 Å². The maximum Gasteiger partial charge on any atom is 0.243 e. The molecule has 0 aliphatic heterocycles. The molecule has 7 nitrogen and oxygen atoms in total. The number of anilines is 2.